The molecule has 0 N–H and O–H groups in total. The number of hydrogen-bond donors (Lipinski definition) is 0. The van der Waals surface area contributed by atoms with Gasteiger partial charge >= 0.3 is 0 Å². The van der Waals surface area contributed by atoms with E-state index in [2.05, 4.69) is 4.74 Å². The molecule has 0 aromatic heterocycles. The summed E-state index contributed by atoms with van der Waals surface area (Å²) < 4.78 is 30.7. The Bertz CT molecular complexity index is 284. The molecule has 3 heteroatoms. The summed E-state index contributed by atoms with van der Waals surface area (Å²) in [5.74, 6) is -1.07. The fourth-order valence-electron chi connectivity index (χ4n) is 0.991. The number of hydrogen-bond acceptors (Lipinski definition) is 1. The molecule has 1 rings (SSSR count). The van der Waals surface area contributed by atoms with Gasteiger partial charge in [0, 0.05) is 12.7 Å². The maximum absolute atomic E-state index is 13.1. The summed E-state index contributed by atoms with van der Waals surface area (Å²) in [6.07, 6.45) is 0. The summed E-state index contributed by atoms with van der Waals surface area (Å²) in [5.41, 5.74) is 0.431. The molecule has 0 saturated carbocycles. The fourth-order valence-corrected chi connectivity index (χ4v) is 0.991. The van der Waals surface area contributed by atoms with Crippen LogP contribution in [0.4, 0.5) is 8.78 Å². The molecular formula is C9H10F2O. The van der Waals surface area contributed by atoms with Gasteiger partial charge in [-0.05, 0) is 18.6 Å². The molecule has 0 fully saturated rings. The summed E-state index contributed by atoms with van der Waals surface area (Å²) >= 11 is 0. The number of rotatable bonds is 2. The lowest BCUT2D eigenvalue weighted by atomic mass is 10.1. The topological polar surface area (TPSA) is 9.23 Å². The second-order valence-corrected chi connectivity index (χ2v) is 2.59. The van der Waals surface area contributed by atoms with Crippen LogP contribution >= 0.6 is 0 Å². The van der Waals surface area contributed by atoms with Gasteiger partial charge in [0.05, 0.1) is 6.61 Å². The highest BCUT2D eigenvalue weighted by atomic mass is 19.1. The largest absolute Gasteiger partial charge is 0.380 e. The van der Waals surface area contributed by atoms with Crippen molar-refractivity contribution >= 4 is 0 Å². The summed E-state index contributed by atoms with van der Waals surface area (Å²) in [5, 5.41) is 0. The molecule has 0 unspecified atom stereocenters. The van der Waals surface area contributed by atoms with Crippen molar-refractivity contribution in [2.45, 2.75) is 13.5 Å². The summed E-state index contributed by atoms with van der Waals surface area (Å²) in [6, 6.07) is 2.65. The Morgan fingerprint density at radius 3 is 2.58 bits per heavy atom. The van der Waals surface area contributed by atoms with Gasteiger partial charge in [-0.25, -0.2) is 8.78 Å². The minimum absolute atomic E-state index is 0.00231. The molecule has 1 aromatic rings. The summed E-state index contributed by atoms with van der Waals surface area (Å²) in [6.45, 7) is 1.56. The Balaban J connectivity index is 3.14. The minimum atomic E-state index is -0.556. The quantitative estimate of drug-likeness (QED) is 0.665. The number of ether oxygens (including phenoxy) is 1. The van der Waals surface area contributed by atoms with Gasteiger partial charge in [0.25, 0.3) is 0 Å². The molecule has 0 amide bonds. The second kappa shape index (κ2) is 3.63. The predicted molar refractivity (Wildman–Crippen MR) is 41.8 cm³/mol. The SMILES string of the molecule is COCc1c(F)ccc(C)c1F. The predicted octanol–water partition coefficient (Wildman–Crippen LogP) is 2.42. The van der Waals surface area contributed by atoms with Gasteiger partial charge in [-0.2, -0.15) is 0 Å². The van der Waals surface area contributed by atoms with Gasteiger partial charge < -0.3 is 4.74 Å². The molecule has 0 aliphatic rings. The van der Waals surface area contributed by atoms with Crippen molar-refractivity contribution in [3.8, 4) is 0 Å². The van der Waals surface area contributed by atoms with Crippen LogP contribution in [0.5, 0.6) is 0 Å². The summed E-state index contributed by atoms with van der Waals surface area (Å²) in [4.78, 5) is 0. The van der Waals surface area contributed by atoms with Crippen molar-refractivity contribution in [1.82, 2.24) is 0 Å². The number of aryl methyl sites for hydroxylation is 1. The van der Waals surface area contributed by atoms with Crippen LogP contribution in [0.3, 0.4) is 0 Å². The van der Waals surface area contributed by atoms with Crippen LogP contribution in [0.1, 0.15) is 11.1 Å². The van der Waals surface area contributed by atoms with E-state index in [1.54, 1.807) is 6.92 Å². The zero-order valence-electron chi connectivity index (χ0n) is 7.03. The fraction of sp³-hybridized carbons (Fsp3) is 0.333. The molecule has 1 nitrogen and oxygen atoms in total. The third-order valence-corrected chi connectivity index (χ3v) is 1.67. The second-order valence-electron chi connectivity index (χ2n) is 2.59. The number of halogens is 2. The normalized spacial score (nSPS) is 10.3. The lowest BCUT2D eigenvalue weighted by molar-refractivity contribution is 0.177. The van der Waals surface area contributed by atoms with E-state index in [1.807, 2.05) is 0 Å². The first kappa shape index (κ1) is 9.13. The maximum Gasteiger partial charge on any atom is 0.134 e. The van der Waals surface area contributed by atoms with Crippen molar-refractivity contribution in [1.29, 1.82) is 0 Å². The zero-order valence-corrected chi connectivity index (χ0v) is 7.03. The van der Waals surface area contributed by atoms with E-state index < -0.39 is 11.6 Å². The van der Waals surface area contributed by atoms with Crippen LogP contribution in [0.15, 0.2) is 12.1 Å². The lowest BCUT2D eigenvalue weighted by Crippen LogP contribution is -1.99. The lowest BCUT2D eigenvalue weighted by Gasteiger charge is -2.05. The van der Waals surface area contributed by atoms with Crippen LogP contribution in [0.25, 0.3) is 0 Å². The third kappa shape index (κ3) is 1.61. The average molecular weight is 172 g/mol. The van der Waals surface area contributed by atoms with E-state index in [0.717, 1.165) is 0 Å². The van der Waals surface area contributed by atoms with Crippen molar-refractivity contribution in [2.75, 3.05) is 7.11 Å². The molecule has 12 heavy (non-hydrogen) atoms. The zero-order chi connectivity index (χ0) is 9.14. The first-order valence-electron chi connectivity index (χ1n) is 3.59. The van der Waals surface area contributed by atoms with E-state index in [4.69, 9.17) is 0 Å². The van der Waals surface area contributed by atoms with Crippen molar-refractivity contribution < 1.29 is 13.5 Å². The van der Waals surface area contributed by atoms with E-state index in [-0.39, 0.29) is 12.2 Å². The van der Waals surface area contributed by atoms with E-state index in [9.17, 15) is 8.78 Å². The molecule has 0 atom stereocenters. The van der Waals surface area contributed by atoms with Crippen LogP contribution in [0.2, 0.25) is 0 Å². The highest BCUT2D eigenvalue weighted by molar-refractivity contribution is 5.25. The van der Waals surface area contributed by atoms with Crippen molar-refractivity contribution in [3.63, 3.8) is 0 Å². The first-order chi connectivity index (χ1) is 5.66. The number of methoxy groups -OCH3 is 1. The molecule has 0 spiro atoms. The van der Waals surface area contributed by atoms with Gasteiger partial charge in [0.1, 0.15) is 11.6 Å². The van der Waals surface area contributed by atoms with E-state index >= 15 is 0 Å². The molecule has 0 aliphatic carbocycles. The Hall–Kier alpha value is -0.960. The van der Waals surface area contributed by atoms with E-state index in [0.29, 0.717) is 5.56 Å². The van der Waals surface area contributed by atoms with E-state index in [1.165, 1.54) is 19.2 Å². The molecular weight excluding hydrogens is 162 g/mol. The summed E-state index contributed by atoms with van der Waals surface area (Å²) in [7, 11) is 1.40. The average Bonchev–Trinajstić information content (AvgIpc) is 2.06. The molecule has 0 saturated heterocycles. The highest BCUT2D eigenvalue weighted by Crippen LogP contribution is 2.16. The minimum Gasteiger partial charge on any atom is -0.380 e. The van der Waals surface area contributed by atoms with Crippen LogP contribution in [-0.4, -0.2) is 7.11 Å². The van der Waals surface area contributed by atoms with Gasteiger partial charge in [-0.15, -0.1) is 0 Å². The van der Waals surface area contributed by atoms with Crippen LogP contribution < -0.4 is 0 Å². The van der Waals surface area contributed by atoms with Gasteiger partial charge in [0.2, 0.25) is 0 Å². The van der Waals surface area contributed by atoms with Crippen molar-refractivity contribution in [2.24, 2.45) is 0 Å². The Kier molecular flexibility index (Phi) is 2.76. The van der Waals surface area contributed by atoms with Gasteiger partial charge in [-0.3, -0.25) is 0 Å². The third-order valence-electron chi connectivity index (χ3n) is 1.67. The molecule has 0 radical (unpaired) electrons. The maximum atomic E-state index is 13.1. The molecule has 0 heterocycles. The number of benzene rings is 1. The Morgan fingerprint density at radius 2 is 2.00 bits per heavy atom. The first-order valence-corrected chi connectivity index (χ1v) is 3.59. The van der Waals surface area contributed by atoms with Gasteiger partial charge in [0.15, 0.2) is 0 Å². The highest BCUT2D eigenvalue weighted by Gasteiger charge is 2.10. The van der Waals surface area contributed by atoms with Crippen LogP contribution in [-0.2, 0) is 11.3 Å². The van der Waals surface area contributed by atoms with Crippen molar-refractivity contribution in [3.05, 3.63) is 34.9 Å². The smallest absolute Gasteiger partial charge is 0.134 e. The molecule has 66 valence electrons. The molecule has 0 bridgehead atoms. The Morgan fingerprint density at radius 1 is 1.33 bits per heavy atom. The van der Waals surface area contributed by atoms with Crippen LogP contribution in [0, 0.1) is 18.6 Å². The standard InChI is InChI=1S/C9H10F2O/c1-6-3-4-8(10)7(5-12-2)9(6)11/h3-4H,5H2,1-2H3. The van der Waals surface area contributed by atoms with Gasteiger partial charge in [-0.1, -0.05) is 6.07 Å². The molecule has 1 aromatic carbocycles. The monoisotopic (exact) mass is 172 g/mol. The Labute approximate surface area is 70.0 Å². The molecule has 0 aliphatic heterocycles.